The predicted octanol–water partition coefficient (Wildman–Crippen LogP) is 5.05. The van der Waals surface area contributed by atoms with Gasteiger partial charge in [-0.1, -0.05) is 23.4 Å². The van der Waals surface area contributed by atoms with Crippen LogP contribution < -0.4 is 15.4 Å². The van der Waals surface area contributed by atoms with E-state index in [1.807, 2.05) is 61.5 Å². The average molecular weight is 359 g/mol. The third-order valence-corrected chi connectivity index (χ3v) is 3.63. The third kappa shape index (κ3) is 4.40. The SMILES string of the molecule is Cc1cc(Nc2nccc(Nc3ccc(Oc4ccccc4)cc3)n2)no1. The second-order valence-corrected chi connectivity index (χ2v) is 5.78. The molecule has 7 heteroatoms. The fourth-order valence-corrected chi connectivity index (χ4v) is 2.41. The van der Waals surface area contributed by atoms with Gasteiger partial charge in [-0.2, -0.15) is 4.98 Å². The molecule has 2 aromatic carbocycles. The second-order valence-electron chi connectivity index (χ2n) is 5.78. The minimum Gasteiger partial charge on any atom is -0.457 e. The van der Waals surface area contributed by atoms with Crippen LogP contribution in [0.25, 0.3) is 0 Å². The maximum Gasteiger partial charge on any atom is 0.230 e. The van der Waals surface area contributed by atoms with E-state index in [2.05, 4.69) is 25.8 Å². The Kier molecular flexibility index (Phi) is 4.65. The number of hydrogen-bond donors (Lipinski definition) is 2. The number of para-hydroxylation sites is 1. The summed E-state index contributed by atoms with van der Waals surface area (Å²) in [5, 5.41) is 10.1. The van der Waals surface area contributed by atoms with Gasteiger partial charge in [0.05, 0.1) is 0 Å². The van der Waals surface area contributed by atoms with E-state index in [9.17, 15) is 0 Å². The lowest BCUT2D eigenvalue weighted by atomic mass is 10.3. The lowest BCUT2D eigenvalue weighted by Gasteiger charge is -2.09. The molecule has 0 saturated heterocycles. The minimum absolute atomic E-state index is 0.428. The van der Waals surface area contributed by atoms with Gasteiger partial charge in [-0.05, 0) is 49.4 Å². The van der Waals surface area contributed by atoms with E-state index in [-0.39, 0.29) is 0 Å². The summed E-state index contributed by atoms with van der Waals surface area (Å²) < 4.78 is 10.8. The van der Waals surface area contributed by atoms with Crippen molar-refractivity contribution in [1.82, 2.24) is 15.1 Å². The summed E-state index contributed by atoms with van der Waals surface area (Å²) in [5.41, 5.74) is 0.886. The first-order valence-corrected chi connectivity index (χ1v) is 8.38. The van der Waals surface area contributed by atoms with Crippen LogP contribution in [-0.4, -0.2) is 15.1 Å². The van der Waals surface area contributed by atoms with Crippen molar-refractivity contribution in [3.05, 3.63) is 78.7 Å². The Morgan fingerprint density at radius 2 is 1.63 bits per heavy atom. The molecule has 0 radical (unpaired) electrons. The molecule has 0 bridgehead atoms. The molecule has 2 heterocycles. The Morgan fingerprint density at radius 1 is 0.852 bits per heavy atom. The summed E-state index contributed by atoms with van der Waals surface area (Å²) in [7, 11) is 0. The number of ether oxygens (including phenoxy) is 1. The lowest BCUT2D eigenvalue weighted by molar-refractivity contribution is 0.400. The van der Waals surface area contributed by atoms with Crippen LogP contribution in [0.3, 0.4) is 0 Å². The minimum atomic E-state index is 0.428. The van der Waals surface area contributed by atoms with Gasteiger partial charge in [0, 0.05) is 18.0 Å². The van der Waals surface area contributed by atoms with Crippen molar-refractivity contribution < 1.29 is 9.26 Å². The normalized spacial score (nSPS) is 10.4. The van der Waals surface area contributed by atoms with E-state index in [1.165, 1.54) is 0 Å². The van der Waals surface area contributed by atoms with Gasteiger partial charge in [0.25, 0.3) is 0 Å². The molecular formula is C20H17N5O2. The fourth-order valence-electron chi connectivity index (χ4n) is 2.41. The second kappa shape index (κ2) is 7.57. The van der Waals surface area contributed by atoms with Crippen LogP contribution in [0.2, 0.25) is 0 Å². The summed E-state index contributed by atoms with van der Waals surface area (Å²) in [6.07, 6.45) is 1.66. The maximum atomic E-state index is 5.79. The zero-order chi connectivity index (χ0) is 18.5. The molecule has 0 spiro atoms. The zero-order valence-corrected chi connectivity index (χ0v) is 14.6. The van der Waals surface area contributed by atoms with Crippen LogP contribution in [-0.2, 0) is 0 Å². The van der Waals surface area contributed by atoms with Crippen LogP contribution >= 0.6 is 0 Å². The van der Waals surface area contributed by atoms with Crippen LogP contribution in [0, 0.1) is 6.92 Å². The van der Waals surface area contributed by atoms with E-state index in [4.69, 9.17) is 9.26 Å². The van der Waals surface area contributed by atoms with Gasteiger partial charge in [0.1, 0.15) is 23.1 Å². The topological polar surface area (TPSA) is 85.1 Å². The number of nitrogens with zero attached hydrogens (tertiary/aromatic N) is 3. The lowest BCUT2D eigenvalue weighted by Crippen LogP contribution is -2.00. The van der Waals surface area contributed by atoms with Crippen molar-refractivity contribution in [2.24, 2.45) is 0 Å². The van der Waals surface area contributed by atoms with Crippen molar-refractivity contribution in [2.45, 2.75) is 6.92 Å². The summed E-state index contributed by atoms with van der Waals surface area (Å²) in [6.45, 7) is 1.82. The smallest absolute Gasteiger partial charge is 0.230 e. The first-order chi connectivity index (χ1) is 13.2. The number of benzene rings is 2. The molecule has 0 aliphatic rings. The molecule has 2 N–H and O–H groups in total. The average Bonchev–Trinajstić information content (AvgIpc) is 3.09. The first-order valence-electron chi connectivity index (χ1n) is 8.38. The van der Waals surface area contributed by atoms with Crippen molar-refractivity contribution in [3.8, 4) is 11.5 Å². The molecule has 0 saturated carbocycles. The van der Waals surface area contributed by atoms with Crippen LogP contribution in [0.5, 0.6) is 11.5 Å². The van der Waals surface area contributed by atoms with Crippen molar-refractivity contribution in [2.75, 3.05) is 10.6 Å². The number of anilines is 4. The van der Waals surface area contributed by atoms with E-state index in [0.717, 1.165) is 17.2 Å². The highest BCUT2D eigenvalue weighted by atomic mass is 16.5. The van der Waals surface area contributed by atoms with Gasteiger partial charge in [0.15, 0.2) is 5.82 Å². The monoisotopic (exact) mass is 359 g/mol. The van der Waals surface area contributed by atoms with Gasteiger partial charge >= 0.3 is 0 Å². The molecule has 7 nitrogen and oxygen atoms in total. The Morgan fingerprint density at radius 3 is 2.37 bits per heavy atom. The van der Waals surface area contributed by atoms with Crippen molar-refractivity contribution in [3.63, 3.8) is 0 Å². The highest BCUT2D eigenvalue weighted by Gasteiger charge is 2.05. The summed E-state index contributed by atoms with van der Waals surface area (Å²) in [4.78, 5) is 8.60. The van der Waals surface area contributed by atoms with Gasteiger partial charge < -0.3 is 19.9 Å². The maximum absolute atomic E-state index is 5.79. The number of rotatable bonds is 6. The predicted molar refractivity (Wildman–Crippen MR) is 103 cm³/mol. The van der Waals surface area contributed by atoms with E-state index >= 15 is 0 Å². The molecule has 0 atom stereocenters. The number of aryl methyl sites for hydroxylation is 1. The summed E-state index contributed by atoms with van der Waals surface area (Å²) >= 11 is 0. The Bertz CT molecular complexity index is 1020. The highest BCUT2D eigenvalue weighted by Crippen LogP contribution is 2.24. The van der Waals surface area contributed by atoms with Gasteiger partial charge in [0.2, 0.25) is 5.95 Å². The first kappa shape index (κ1) is 16.6. The number of nitrogens with one attached hydrogen (secondary N) is 2. The molecule has 2 aromatic heterocycles. The molecule has 0 aliphatic heterocycles. The molecule has 0 unspecified atom stereocenters. The van der Waals surface area contributed by atoms with Crippen LogP contribution in [0.1, 0.15) is 5.76 Å². The van der Waals surface area contributed by atoms with E-state index in [1.54, 1.807) is 18.3 Å². The summed E-state index contributed by atoms with van der Waals surface area (Å²) in [6, 6.07) is 20.9. The van der Waals surface area contributed by atoms with Gasteiger partial charge in [-0.25, -0.2) is 4.98 Å². The quantitative estimate of drug-likeness (QED) is 0.498. The molecular weight excluding hydrogens is 342 g/mol. The molecule has 0 fully saturated rings. The number of aromatic nitrogens is 3. The third-order valence-electron chi connectivity index (χ3n) is 3.63. The molecule has 0 amide bonds. The molecule has 27 heavy (non-hydrogen) atoms. The Hall–Kier alpha value is -3.87. The molecule has 4 aromatic rings. The molecule has 134 valence electrons. The number of hydrogen-bond acceptors (Lipinski definition) is 7. The van der Waals surface area contributed by atoms with Gasteiger partial charge in [-0.15, -0.1) is 0 Å². The van der Waals surface area contributed by atoms with Crippen LogP contribution in [0.15, 0.2) is 77.4 Å². The fraction of sp³-hybridized carbons (Fsp3) is 0.0500. The Balaban J connectivity index is 1.42. The van der Waals surface area contributed by atoms with Gasteiger partial charge in [-0.3, -0.25) is 0 Å². The van der Waals surface area contributed by atoms with E-state index in [0.29, 0.717) is 23.3 Å². The Labute approximate surface area is 156 Å². The van der Waals surface area contributed by atoms with E-state index < -0.39 is 0 Å². The molecule has 4 rings (SSSR count). The molecule has 0 aliphatic carbocycles. The summed E-state index contributed by atoms with van der Waals surface area (Å²) in [5.74, 6) is 3.92. The standard InChI is InChI=1S/C20H17N5O2/c1-14-13-19(25-27-14)24-20-21-12-11-18(23-20)22-15-7-9-17(10-8-15)26-16-5-3-2-4-6-16/h2-13H,1H3,(H2,21,22,23,24,25). The highest BCUT2D eigenvalue weighted by molar-refractivity contribution is 5.59. The van der Waals surface area contributed by atoms with Crippen molar-refractivity contribution in [1.29, 1.82) is 0 Å². The zero-order valence-electron chi connectivity index (χ0n) is 14.6. The largest absolute Gasteiger partial charge is 0.457 e. The van der Waals surface area contributed by atoms with Crippen LogP contribution in [0.4, 0.5) is 23.3 Å². The van der Waals surface area contributed by atoms with Crippen molar-refractivity contribution >= 4 is 23.3 Å².